The minimum absolute atomic E-state index is 0.000929. The van der Waals surface area contributed by atoms with Crippen molar-refractivity contribution in [2.75, 3.05) is 11.4 Å². The summed E-state index contributed by atoms with van der Waals surface area (Å²) in [5.74, 6) is -0.365. The number of anilines is 1. The third-order valence-electron chi connectivity index (χ3n) is 3.17. The van der Waals surface area contributed by atoms with Crippen LogP contribution in [0, 0.1) is 6.92 Å². The second-order valence-electron chi connectivity index (χ2n) is 4.92. The molecular weight excluding hydrogens is 276 g/mol. The van der Waals surface area contributed by atoms with Crippen LogP contribution in [-0.4, -0.2) is 24.4 Å². The molecule has 20 heavy (non-hydrogen) atoms. The lowest BCUT2D eigenvalue weighted by Gasteiger charge is -2.22. The predicted molar refractivity (Wildman–Crippen MR) is 82.1 cm³/mol. The summed E-state index contributed by atoms with van der Waals surface area (Å²) in [5.41, 5.74) is 1.57. The molecule has 0 aliphatic heterocycles. The van der Waals surface area contributed by atoms with Crippen molar-refractivity contribution in [2.24, 2.45) is 0 Å². The van der Waals surface area contributed by atoms with E-state index in [-0.39, 0.29) is 24.4 Å². The van der Waals surface area contributed by atoms with Crippen molar-refractivity contribution in [3.63, 3.8) is 0 Å². The molecule has 0 bridgehead atoms. The van der Waals surface area contributed by atoms with Crippen molar-refractivity contribution in [2.45, 2.75) is 40.2 Å². The van der Waals surface area contributed by atoms with Crippen molar-refractivity contribution < 1.29 is 9.59 Å². The van der Waals surface area contributed by atoms with Crippen molar-refractivity contribution in [1.29, 1.82) is 0 Å². The van der Waals surface area contributed by atoms with E-state index < -0.39 is 0 Å². The molecule has 0 spiro atoms. The number of hydrogen-bond donors (Lipinski definition) is 1. The number of carbonyl (C=O) groups excluding carboxylic acids is 2. The number of rotatable bonds is 5. The largest absolute Gasteiger partial charge is 0.352 e. The van der Waals surface area contributed by atoms with Crippen LogP contribution in [0.1, 0.15) is 32.8 Å². The van der Waals surface area contributed by atoms with E-state index in [1.807, 2.05) is 26.8 Å². The maximum Gasteiger partial charge on any atom is 0.240 e. The van der Waals surface area contributed by atoms with Crippen molar-refractivity contribution in [3.05, 3.63) is 28.8 Å². The first-order valence-corrected chi connectivity index (χ1v) is 7.06. The van der Waals surface area contributed by atoms with Gasteiger partial charge in [0, 0.05) is 23.7 Å². The number of aryl methyl sites for hydroxylation is 1. The van der Waals surface area contributed by atoms with Gasteiger partial charge in [0.15, 0.2) is 0 Å². The molecule has 1 aromatic carbocycles. The molecule has 0 aliphatic carbocycles. The van der Waals surface area contributed by atoms with Gasteiger partial charge in [0.2, 0.25) is 11.8 Å². The Balaban J connectivity index is 2.86. The van der Waals surface area contributed by atoms with E-state index in [1.165, 1.54) is 11.8 Å². The average molecular weight is 297 g/mol. The van der Waals surface area contributed by atoms with Gasteiger partial charge in [-0.15, -0.1) is 0 Å². The number of hydrogen-bond acceptors (Lipinski definition) is 2. The SMILES string of the molecule is CCC(C)NC(=O)CN(C(C)=O)c1ccc(C)c(Cl)c1. The number of nitrogens with one attached hydrogen (secondary N) is 1. The molecule has 1 aromatic rings. The molecular formula is C15H21ClN2O2. The number of nitrogens with zero attached hydrogens (tertiary/aromatic N) is 1. The summed E-state index contributed by atoms with van der Waals surface area (Å²) in [6.45, 7) is 7.25. The van der Waals surface area contributed by atoms with Crippen LogP contribution in [0.5, 0.6) is 0 Å². The van der Waals surface area contributed by atoms with Gasteiger partial charge in [-0.3, -0.25) is 9.59 Å². The lowest BCUT2D eigenvalue weighted by Crippen LogP contribution is -2.42. The molecule has 1 N–H and O–H groups in total. The zero-order chi connectivity index (χ0) is 15.3. The topological polar surface area (TPSA) is 49.4 Å². The standard InChI is InChI=1S/C15H21ClN2O2/c1-5-11(3)17-15(20)9-18(12(4)19)13-7-6-10(2)14(16)8-13/h6-8,11H,5,9H2,1-4H3,(H,17,20). The highest BCUT2D eigenvalue weighted by Gasteiger charge is 2.17. The maximum absolute atomic E-state index is 11.9. The van der Waals surface area contributed by atoms with E-state index >= 15 is 0 Å². The normalized spacial score (nSPS) is 11.8. The van der Waals surface area contributed by atoms with Crippen LogP contribution < -0.4 is 10.2 Å². The molecule has 110 valence electrons. The molecule has 5 heteroatoms. The van der Waals surface area contributed by atoms with Crippen LogP contribution in [0.15, 0.2) is 18.2 Å². The Labute approximate surface area is 125 Å². The number of benzene rings is 1. The second-order valence-corrected chi connectivity index (χ2v) is 5.32. The summed E-state index contributed by atoms with van der Waals surface area (Å²) < 4.78 is 0. The molecule has 0 aliphatic rings. The Morgan fingerprint density at radius 1 is 1.40 bits per heavy atom. The van der Waals surface area contributed by atoms with Gasteiger partial charge in [-0.25, -0.2) is 0 Å². The van der Waals surface area contributed by atoms with E-state index in [4.69, 9.17) is 11.6 Å². The minimum Gasteiger partial charge on any atom is -0.352 e. The Morgan fingerprint density at radius 3 is 2.55 bits per heavy atom. The monoisotopic (exact) mass is 296 g/mol. The van der Waals surface area contributed by atoms with Gasteiger partial charge >= 0.3 is 0 Å². The molecule has 0 radical (unpaired) electrons. The first-order valence-electron chi connectivity index (χ1n) is 6.68. The fourth-order valence-corrected chi connectivity index (χ4v) is 1.88. The smallest absolute Gasteiger partial charge is 0.240 e. The van der Waals surface area contributed by atoms with Gasteiger partial charge in [-0.05, 0) is 38.0 Å². The van der Waals surface area contributed by atoms with Gasteiger partial charge < -0.3 is 10.2 Å². The Hall–Kier alpha value is -1.55. The number of amides is 2. The van der Waals surface area contributed by atoms with Gasteiger partial charge in [-0.1, -0.05) is 24.6 Å². The third-order valence-corrected chi connectivity index (χ3v) is 3.58. The molecule has 0 saturated carbocycles. The quantitative estimate of drug-likeness (QED) is 0.908. The first kappa shape index (κ1) is 16.5. The molecule has 4 nitrogen and oxygen atoms in total. The summed E-state index contributed by atoms with van der Waals surface area (Å²) >= 11 is 6.07. The van der Waals surface area contributed by atoms with E-state index in [2.05, 4.69) is 5.32 Å². The minimum atomic E-state index is -0.191. The molecule has 0 saturated heterocycles. The second kappa shape index (κ2) is 7.29. The molecule has 1 unspecified atom stereocenters. The maximum atomic E-state index is 11.9. The average Bonchev–Trinajstić information content (AvgIpc) is 2.38. The van der Waals surface area contributed by atoms with Crippen molar-refractivity contribution >= 4 is 29.1 Å². The zero-order valence-electron chi connectivity index (χ0n) is 12.4. The molecule has 2 amide bonds. The lowest BCUT2D eigenvalue weighted by atomic mass is 10.2. The van der Waals surface area contributed by atoms with Gasteiger partial charge in [0.25, 0.3) is 0 Å². The molecule has 1 atom stereocenters. The summed E-state index contributed by atoms with van der Waals surface area (Å²) in [6.07, 6.45) is 0.849. The van der Waals surface area contributed by atoms with Gasteiger partial charge in [0.1, 0.15) is 6.54 Å². The Morgan fingerprint density at radius 2 is 2.05 bits per heavy atom. The van der Waals surface area contributed by atoms with Crippen LogP contribution in [0.3, 0.4) is 0 Å². The fourth-order valence-electron chi connectivity index (χ4n) is 1.70. The predicted octanol–water partition coefficient (Wildman–Crippen LogP) is 2.92. The summed E-state index contributed by atoms with van der Waals surface area (Å²) in [5, 5.41) is 3.42. The molecule has 0 fully saturated rings. The molecule has 0 heterocycles. The van der Waals surface area contributed by atoms with Crippen molar-refractivity contribution in [1.82, 2.24) is 5.32 Å². The van der Waals surface area contributed by atoms with Gasteiger partial charge in [0.05, 0.1) is 0 Å². The summed E-state index contributed by atoms with van der Waals surface area (Å²) in [4.78, 5) is 25.1. The Kier molecular flexibility index (Phi) is 6.02. The van der Waals surface area contributed by atoms with E-state index in [9.17, 15) is 9.59 Å². The third kappa shape index (κ3) is 4.53. The van der Waals surface area contributed by atoms with Crippen LogP contribution in [-0.2, 0) is 9.59 Å². The Bertz CT molecular complexity index is 503. The van der Waals surface area contributed by atoms with E-state index in [0.717, 1.165) is 12.0 Å². The number of carbonyl (C=O) groups is 2. The zero-order valence-corrected chi connectivity index (χ0v) is 13.1. The number of halogens is 1. The van der Waals surface area contributed by atoms with E-state index in [0.29, 0.717) is 10.7 Å². The van der Waals surface area contributed by atoms with E-state index in [1.54, 1.807) is 12.1 Å². The lowest BCUT2D eigenvalue weighted by molar-refractivity contribution is -0.123. The first-order chi connectivity index (χ1) is 9.35. The highest BCUT2D eigenvalue weighted by molar-refractivity contribution is 6.31. The highest BCUT2D eigenvalue weighted by Crippen LogP contribution is 2.23. The van der Waals surface area contributed by atoms with Crippen LogP contribution in [0.2, 0.25) is 5.02 Å². The van der Waals surface area contributed by atoms with Crippen molar-refractivity contribution in [3.8, 4) is 0 Å². The molecule has 0 aromatic heterocycles. The van der Waals surface area contributed by atoms with Gasteiger partial charge in [-0.2, -0.15) is 0 Å². The van der Waals surface area contributed by atoms with Crippen LogP contribution >= 0.6 is 11.6 Å². The summed E-state index contributed by atoms with van der Waals surface area (Å²) in [7, 11) is 0. The summed E-state index contributed by atoms with van der Waals surface area (Å²) in [6, 6.07) is 5.42. The van der Waals surface area contributed by atoms with Crippen LogP contribution in [0.4, 0.5) is 5.69 Å². The highest BCUT2D eigenvalue weighted by atomic mass is 35.5. The fraction of sp³-hybridized carbons (Fsp3) is 0.467. The van der Waals surface area contributed by atoms with Crippen LogP contribution in [0.25, 0.3) is 0 Å². The molecule has 1 rings (SSSR count).